The second kappa shape index (κ2) is 9.06. The third-order valence-electron chi connectivity index (χ3n) is 4.06. The summed E-state index contributed by atoms with van der Waals surface area (Å²) in [6.07, 6.45) is 4.88. The molecule has 1 saturated heterocycles. The van der Waals surface area contributed by atoms with E-state index in [1.54, 1.807) is 0 Å². The Balaban J connectivity index is 1.98. The van der Waals surface area contributed by atoms with Crippen molar-refractivity contribution in [2.45, 2.75) is 52.1 Å². The minimum atomic E-state index is 0.680. The SMILES string of the molecule is CCCOc1cccc(CN(CCC)C2CCCNC2)c1. The van der Waals surface area contributed by atoms with Gasteiger partial charge in [0.05, 0.1) is 6.61 Å². The van der Waals surface area contributed by atoms with Crippen LogP contribution in [0.1, 0.15) is 45.1 Å². The Morgan fingerprint density at radius 2 is 2.19 bits per heavy atom. The molecule has 0 bridgehead atoms. The van der Waals surface area contributed by atoms with Crippen LogP contribution >= 0.6 is 0 Å². The number of piperidine rings is 1. The van der Waals surface area contributed by atoms with Gasteiger partial charge in [0, 0.05) is 19.1 Å². The fourth-order valence-electron chi connectivity index (χ4n) is 3.01. The molecular weight excluding hydrogens is 260 g/mol. The molecule has 0 aliphatic carbocycles. The highest BCUT2D eigenvalue weighted by molar-refractivity contribution is 5.28. The van der Waals surface area contributed by atoms with Crippen LogP contribution in [-0.4, -0.2) is 37.2 Å². The molecule has 0 radical (unpaired) electrons. The summed E-state index contributed by atoms with van der Waals surface area (Å²) in [5.74, 6) is 1.01. The molecule has 0 amide bonds. The summed E-state index contributed by atoms with van der Waals surface area (Å²) in [7, 11) is 0. The molecule has 1 N–H and O–H groups in total. The zero-order chi connectivity index (χ0) is 14.9. The van der Waals surface area contributed by atoms with Gasteiger partial charge in [-0.05, 0) is 56.5 Å². The highest BCUT2D eigenvalue weighted by Crippen LogP contribution is 2.18. The Morgan fingerprint density at radius 3 is 2.90 bits per heavy atom. The van der Waals surface area contributed by atoms with Crippen LogP contribution in [0.4, 0.5) is 0 Å². The smallest absolute Gasteiger partial charge is 0.119 e. The summed E-state index contributed by atoms with van der Waals surface area (Å²) in [5.41, 5.74) is 1.36. The maximum Gasteiger partial charge on any atom is 0.119 e. The van der Waals surface area contributed by atoms with E-state index >= 15 is 0 Å². The Labute approximate surface area is 129 Å². The van der Waals surface area contributed by atoms with Gasteiger partial charge in [0.15, 0.2) is 0 Å². The quantitative estimate of drug-likeness (QED) is 0.794. The van der Waals surface area contributed by atoms with Gasteiger partial charge in [0.2, 0.25) is 0 Å². The van der Waals surface area contributed by atoms with Crippen LogP contribution in [0.15, 0.2) is 24.3 Å². The lowest BCUT2D eigenvalue weighted by atomic mass is 10.0. The molecule has 1 unspecified atom stereocenters. The first-order valence-corrected chi connectivity index (χ1v) is 8.50. The molecule has 1 aliphatic heterocycles. The van der Waals surface area contributed by atoms with E-state index < -0.39 is 0 Å². The topological polar surface area (TPSA) is 24.5 Å². The highest BCUT2D eigenvalue weighted by atomic mass is 16.5. The molecule has 3 heteroatoms. The first kappa shape index (κ1) is 16.3. The number of ether oxygens (including phenoxy) is 1. The molecule has 1 aromatic rings. The third-order valence-corrected chi connectivity index (χ3v) is 4.06. The van der Waals surface area contributed by atoms with E-state index in [0.717, 1.165) is 31.9 Å². The monoisotopic (exact) mass is 290 g/mol. The summed E-state index contributed by atoms with van der Waals surface area (Å²) in [4.78, 5) is 2.63. The molecule has 1 atom stereocenters. The lowest BCUT2D eigenvalue weighted by molar-refractivity contribution is 0.158. The molecule has 21 heavy (non-hydrogen) atoms. The second-order valence-corrected chi connectivity index (χ2v) is 5.97. The molecule has 0 spiro atoms. The van der Waals surface area contributed by atoms with E-state index in [4.69, 9.17) is 4.74 Å². The molecule has 1 heterocycles. The Bertz CT molecular complexity index is 402. The molecule has 3 nitrogen and oxygen atoms in total. The third kappa shape index (κ3) is 5.33. The number of hydrogen-bond acceptors (Lipinski definition) is 3. The van der Waals surface area contributed by atoms with Crippen molar-refractivity contribution in [1.29, 1.82) is 0 Å². The molecule has 1 aromatic carbocycles. The van der Waals surface area contributed by atoms with Crippen LogP contribution in [0, 0.1) is 0 Å². The van der Waals surface area contributed by atoms with Gasteiger partial charge >= 0.3 is 0 Å². The van der Waals surface area contributed by atoms with E-state index in [1.165, 1.54) is 37.9 Å². The maximum atomic E-state index is 5.75. The normalized spacial score (nSPS) is 18.9. The number of nitrogens with one attached hydrogen (secondary N) is 1. The van der Waals surface area contributed by atoms with Gasteiger partial charge in [-0.15, -0.1) is 0 Å². The summed E-state index contributed by atoms with van der Waals surface area (Å²) in [6, 6.07) is 9.28. The van der Waals surface area contributed by atoms with Crippen molar-refractivity contribution in [3.63, 3.8) is 0 Å². The fourth-order valence-corrected chi connectivity index (χ4v) is 3.01. The van der Waals surface area contributed by atoms with Crippen LogP contribution in [-0.2, 0) is 6.54 Å². The van der Waals surface area contributed by atoms with E-state index in [9.17, 15) is 0 Å². The maximum absolute atomic E-state index is 5.75. The first-order chi connectivity index (χ1) is 10.3. The van der Waals surface area contributed by atoms with Crippen molar-refractivity contribution in [1.82, 2.24) is 10.2 Å². The van der Waals surface area contributed by atoms with Crippen molar-refractivity contribution in [2.75, 3.05) is 26.2 Å². The lowest BCUT2D eigenvalue weighted by Crippen LogP contribution is -2.45. The van der Waals surface area contributed by atoms with Crippen LogP contribution in [0.5, 0.6) is 5.75 Å². The van der Waals surface area contributed by atoms with Gasteiger partial charge in [0.1, 0.15) is 5.75 Å². The predicted molar refractivity (Wildman–Crippen MR) is 88.8 cm³/mol. The standard InChI is InChI=1S/C18H30N2O/c1-3-11-20(17-8-6-10-19-14-17)15-16-7-5-9-18(13-16)21-12-4-2/h5,7,9,13,17,19H,3-4,6,8,10-12,14-15H2,1-2H3. The number of benzene rings is 1. The summed E-state index contributed by atoms with van der Waals surface area (Å²) in [5, 5.41) is 3.53. The minimum Gasteiger partial charge on any atom is -0.494 e. The summed E-state index contributed by atoms with van der Waals surface area (Å²) >= 11 is 0. The van der Waals surface area contributed by atoms with Gasteiger partial charge in [-0.1, -0.05) is 26.0 Å². The van der Waals surface area contributed by atoms with Crippen molar-refractivity contribution in [3.8, 4) is 5.75 Å². The second-order valence-electron chi connectivity index (χ2n) is 5.97. The zero-order valence-corrected chi connectivity index (χ0v) is 13.6. The Kier molecular flexibility index (Phi) is 7.04. The minimum absolute atomic E-state index is 0.680. The molecule has 1 aliphatic rings. The van der Waals surface area contributed by atoms with Gasteiger partial charge in [-0.25, -0.2) is 0 Å². The zero-order valence-electron chi connectivity index (χ0n) is 13.6. The van der Waals surface area contributed by atoms with Crippen LogP contribution in [0.2, 0.25) is 0 Å². The summed E-state index contributed by atoms with van der Waals surface area (Å²) in [6.45, 7) is 9.72. The molecule has 118 valence electrons. The van der Waals surface area contributed by atoms with Gasteiger partial charge in [-0.2, -0.15) is 0 Å². The van der Waals surface area contributed by atoms with E-state index in [0.29, 0.717) is 6.04 Å². The van der Waals surface area contributed by atoms with Gasteiger partial charge in [0.25, 0.3) is 0 Å². The first-order valence-electron chi connectivity index (χ1n) is 8.50. The van der Waals surface area contributed by atoms with E-state index in [1.807, 2.05) is 0 Å². The largest absolute Gasteiger partial charge is 0.494 e. The van der Waals surface area contributed by atoms with Gasteiger partial charge in [-0.3, -0.25) is 4.90 Å². The fraction of sp³-hybridized carbons (Fsp3) is 0.667. The van der Waals surface area contributed by atoms with Crippen LogP contribution in [0.25, 0.3) is 0 Å². The molecule has 0 aromatic heterocycles. The number of hydrogen-bond donors (Lipinski definition) is 1. The van der Waals surface area contributed by atoms with E-state index in [-0.39, 0.29) is 0 Å². The average molecular weight is 290 g/mol. The van der Waals surface area contributed by atoms with Crippen molar-refractivity contribution < 1.29 is 4.74 Å². The Hall–Kier alpha value is -1.06. The Morgan fingerprint density at radius 1 is 1.29 bits per heavy atom. The number of rotatable bonds is 8. The van der Waals surface area contributed by atoms with E-state index in [2.05, 4.69) is 48.3 Å². The summed E-state index contributed by atoms with van der Waals surface area (Å²) < 4.78 is 5.75. The molecular formula is C18H30N2O. The van der Waals surface area contributed by atoms with Crippen molar-refractivity contribution in [2.24, 2.45) is 0 Å². The highest BCUT2D eigenvalue weighted by Gasteiger charge is 2.20. The molecule has 0 saturated carbocycles. The average Bonchev–Trinajstić information content (AvgIpc) is 2.54. The van der Waals surface area contributed by atoms with Crippen LogP contribution < -0.4 is 10.1 Å². The van der Waals surface area contributed by atoms with Crippen molar-refractivity contribution >= 4 is 0 Å². The van der Waals surface area contributed by atoms with Crippen molar-refractivity contribution in [3.05, 3.63) is 29.8 Å². The van der Waals surface area contributed by atoms with Crippen LogP contribution in [0.3, 0.4) is 0 Å². The molecule has 2 rings (SSSR count). The predicted octanol–water partition coefficient (Wildman–Crippen LogP) is 3.44. The molecule has 1 fully saturated rings. The lowest BCUT2D eigenvalue weighted by Gasteiger charge is -2.34. The van der Waals surface area contributed by atoms with Gasteiger partial charge < -0.3 is 10.1 Å². The number of nitrogens with zero attached hydrogens (tertiary/aromatic N) is 1.